The number of benzene rings is 3. The Morgan fingerprint density at radius 2 is 1.30 bits per heavy atom. The van der Waals surface area contributed by atoms with E-state index in [1.807, 2.05) is 76.2 Å². The standard InChI is InChI=1S/C36H32O4/c1-22(2)39-34(37)31-30-27-18-11-12-20-29(27)36(33(31)35(38)40-23(3)4)28(25-16-9-6-10-17-25)21-13-19-26(32(30)36)24-14-7-5-8-15-24/h5-23,30H,1-4H3. The monoisotopic (exact) mass is 528 g/mol. The SMILES string of the molecule is CC(C)OC(=O)C1=C(C(=O)OC(C)C)C23C(c4ccccc4)=CC=CC(c4ccccc4)=C2C1c1ccccc13. The van der Waals surface area contributed by atoms with Gasteiger partial charge in [-0.1, -0.05) is 103 Å². The summed E-state index contributed by atoms with van der Waals surface area (Å²) < 4.78 is 11.8. The molecule has 2 unspecified atom stereocenters. The second kappa shape index (κ2) is 9.95. The molecule has 2 bridgehead atoms. The molecule has 4 heteroatoms. The van der Waals surface area contributed by atoms with E-state index in [4.69, 9.17) is 9.47 Å². The fourth-order valence-corrected chi connectivity index (χ4v) is 6.59. The Labute approximate surface area is 235 Å². The van der Waals surface area contributed by atoms with Gasteiger partial charge in [0.1, 0.15) is 0 Å². The summed E-state index contributed by atoms with van der Waals surface area (Å²) in [6.07, 6.45) is 5.55. The van der Waals surface area contributed by atoms with Crippen LogP contribution in [-0.2, 0) is 24.5 Å². The largest absolute Gasteiger partial charge is 0.460 e. The molecule has 6 rings (SSSR count). The van der Waals surface area contributed by atoms with Crippen LogP contribution in [0.4, 0.5) is 0 Å². The summed E-state index contributed by atoms with van der Waals surface area (Å²) in [7, 11) is 0. The highest BCUT2D eigenvalue weighted by molar-refractivity contribution is 6.15. The minimum Gasteiger partial charge on any atom is -0.460 e. The van der Waals surface area contributed by atoms with E-state index < -0.39 is 23.3 Å². The first-order valence-corrected chi connectivity index (χ1v) is 13.9. The first kappa shape index (κ1) is 25.8. The second-order valence-electron chi connectivity index (χ2n) is 11.0. The Balaban J connectivity index is 1.79. The first-order valence-electron chi connectivity index (χ1n) is 13.9. The highest BCUT2D eigenvalue weighted by Gasteiger charge is 2.65. The lowest BCUT2D eigenvalue weighted by molar-refractivity contribution is -0.146. The van der Waals surface area contributed by atoms with Crippen molar-refractivity contribution in [2.75, 3.05) is 0 Å². The summed E-state index contributed by atoms with van der Waals surface area (Å²) in [6, 6.07) is 28.4. The number of hydrogen-bond acceptors (Lipinski definition) is 4. The number of carbonyl (C=O) groups is 2. The molecule has 3 aliphatic rings. The molecule has 200 valence electrons. The van der Waals surface area contributed by atoms with Crippen LogP contribution in [0.1, 0.15) is 55.9 Å². The van der Waals surface area contributed by atoms with Gasteiger partial charge in [0.25, 0.3) is 0 Å². The topological polar surface area (TPSA) is 52.6 Å². The highest BCUT2D eigenvalue weighted by Crippen LogP contribution is 2.70. The number of fused-ring (bicyclic) bond motifs is 2. The molecule has 4 nitrogen and oxygen atoms in total. The van der Waals surface area contributed by atoms with Gasteiger partial charge in [0.05, 0.1) is 28.8 Å². The smallest absolute Gasteiger partial charge is 0.336 e. The average molecular weight is 529 g/mol. The van der Waals surface area contributed by atoms with Crippen LogP contribution >= 0.6 is 0 Å². The maximum atomic E-state index is 14.3. The zero-order chi connectivity index (χ0) is 28.0. The summed E-state index contributed by atoms with van der Waals surface area (Å²) >= 11 is 0. The van der Waals surface area contributed by atoms with Gasteiger partial charge < -0.3 is 9.47 Å². The van der Waals surface area contributed by atoms with Crippen LogP contribution < -0.4 is 0 Å². The summed E-state index contributed by atoms with van der Waals surface area (Å²) in [6.45, 7) is 7.32. The molecule has 3 aromatic rings. The summed E-state index contributed by atoms with van der Waals surface area (Å²) in [5.41, 5.74) is 6.63. The molecule has 0 radical (unpaired) electrons. The van der Waals surface area contributed by atoms with Crippen molar-refractivity contribution < 1.29 is 19.1 Å². The van der Waals surface area contributed by atoms with Crippen LogP contribution in [-0.4, -0.2) is 24.1 Å². The van der Waals surface area contributed by atoms with Gasteiger partial charge in [-0.05, 0) is 66.7 Å². The molecule has 3 aliphatic carbocycles. The van der Waals surface area contributed by atoms with Crippen LogP contribution in [0.15, 0.2) is 120 Å². The zero-order valence-electron chi connectivity index (χ0n) is 23.2. The third kappa shape index (κ3) is 3.82. The van der Waals surface area contributed by atoms with Crippen molar-refractivity contribution >= 4 is 23.1 Å². The zero-order valence-corrected chi connectivity index (χ0v) is 23.2. The quantitative estimate of drug-likeness (QED) is 0.314. The van der Waals surface area contributed by atoms with Crippen molar-refractivity contribution in [1.82, 2.24) is 0 Å². The maximum Gasteiger partial charge on any atom is 0.336 e. The number of hydrogen-bond donors (Lipinski definition) is 0. The predicted molar refractivity (Wildman–Crippen MR) is 157 cm³/mol. The minimum atomic E-state index is -1.03. The van der Waals surface area contributed by atoms with E-state index in [0.29, 0.717) is 11.1 Å². The molecule has 0 heterocycles. The van der Waals surface area contributed by atoms with Crippen LogP contribution in [0.5, 0.6) is 0 Å². The number of allylic oxidation sites excluding steroid dienone is 6. The van der Waals surface area contributed by atoms with Crippen molar-refractivity contribution in [2.24, 2.45) is 0 Å². The van der Waals surface area contributed by atoms with E-state index in [9.17, 15) is 9.59 Å². The van der Waals surface area contributed by atoms with Crippen LogP contribution in [0.25, 0.3) is 11.1 Å². The third-order valence-electron chi connectivity index (χ3n) is 7.80. The van der Waals surface area contributed by atoms with E-state index in [2.05, 4.69) is 54.6 Å². The van der Waals surface area contributed by atoms with Crippen molar-refractivity contribution in [2.45, 2.75) is 51.2 Å². The lowest BCUT2D eigenvalue weighted by Gasteiger charge is -2.36. The molecular weight excluding hydrogens is 496 g/mol. The Morgan fingerprint density at radius 3 is 1.95 bits per heavy atom. The molecule has 0 spiro atoms. The molecule has 40 heavy (non-hydrogen) atoms. The van der Waals surface area contributed by atoms with Gasteiger partial charge in [-0.25, -0.2) is 9.59 Å². The number of rotatable bonds is 6. The fourth-order valence-electron chi connectivity index (χ4n) is 6.59. The van der Waals surface area contributed by atoms with Crippen LogP contribution in [0.2, 0.25) is 0 Å². The normalized spacial score (nSPS) is 20.9. The fraction of sp³-hybridized carbons (Fsp3) is 0.222. The van der Waals surface area contributed by atoms with E-state index in [1.165, 1.54) is 0 Å². The van der Waals surface area contributed by atoms with Crippen molar-refractivity contribution in [3.8, 4) is 0 Å². The average Bonchev–Trinajstić information content (AvgIpc) is 3.33. The summed E-state index contributed by atoms with van der Waals surface area (Å²) in [5.74, 6) is -1.42. The van der Waals surface area contributed by atoms with Gasteiger partial charge >= 0.3 is 11.9 Å². The van der Waals surface area contributed by atoms with E-state index in [0.717, 1.165) is 39.0 Å². The second-order valence-corrected chi connectivity index (χ2v) is 11.0. The van der Waals surface area contributed by atoms with Gasteiger partial charge in [-0.3, -0.25) is 0 Å². The summed E-state index contributed by atoms with van der Waals surface area (Å²) in [5, 5.41) is 0. The van der Waals surface area contributed by atoms with Gasteiger partial charge in [-0.15, -0.1) is 0 Å². The molecule has 2 atom stereocenters. The minimum absolute atomic E-state index is 0.342. The first-order chi connectivity index (χ1) is 19.4. The Morgan fingerprint density at radius 1 is 0.725 bits per heavy atom. The van der Waals surface area contributed by atoms with Crippen molar-refractivity contribution in [1.29, 1.82) is 0 Å². The van der Waals surface area contributed by atoms with Crippen molar-refractivity contribution in [3.05, 3.63) is 142 Å². The molecule has 0 aromatic heterocycles. The molecule has 0 aliphatic heterocycles. The Kier molecular flexibility index (Phi) is 6.42. The summed E-state index contributed by atoms with van der Waals surface area (Å²) in [4.78, 5) is 28.3. The third-order valence-corrected chi connectivity index (χ3v) is 7.80. The van der Waals surface area contributed by atoms with Gasteiger partial charge in [0, 0.05) is 5.92 Å². The number of ether oxygens (including phenoxy) is 2. The number of esters is 2. The molecule has 0 saturated heterocycles. The van der Waals surface area contributed by atoms with Crippen molar-refractivity contribution in [3.63, 3.8) is 0 Å². The highest BCUT2D eigenvalue weighted by atomic mass is 16.5. The Hall–Kier alpha value is -4.44. The molecule has 0 amide bonds. The van der Waals surface area contributed by atoms with Gasteiger partial charge in [-0.2, -0.15) is 0 Å². The van der Waals surface area contributed by atoms with Gasteiger partial charge in [0.2, 0.25) is 0 Å². The lowest BCUT2D eigenvalue weighted by atomic mass is 9.65. The molecular formula is C36H32O4. The van der Waals surface area contributed by atoms with E-state index >= 15 is 0 Å². The maximum absolute atomic E-state index is 14.3. The van der Waals surface area contributed by atoms with E-state index in [-0.39, 0.29) is 12.2 Å². The molecule has 0 saturated carbocycles. The Bertz CT molecular complexity index is 1620. The van der Waals surface area contributed by atoms with Crippen LogP contribution in [0.3, 0.4) is 0 Å². The molecule has 0 N–H and O–H groups in total. The van der Waals surface area contributed by atoms with Crippen LogP contribution in [0, 0.1) is 0 Å². The van der Waals surface area contributed by atoms with Gasteiger partial charge in [0.15, 0.2) is 0 Å². The molecule has 0 fully saturated rings. The number of carbonyl (C=O) groups excluding carboxylic acids is 2. The lowest BCUT2D eigenvalue weighted by Crippen LogP contribution is -2.35. The predicted octanol–water partition coefficient (Wildman–Crippen LogP) is 7.34. The van der Waals surface area contributed by atoms with E-state index in [1.54, 1.807) is 0 Å². The molecule has 3 aromatic carbocycles.